The molecule has 2 rings (SSSR count). The number of amides is 1. The second kappa shape index (κ2) is 7.11. The van der Waals surface area contributed by atoms with Crippen LogP contribution in [0.15, 0.2) is 29.2 Å². The Balaban J connectivity index is 2.02. The number of hydrogen-bond donors (Lipinski definition) is 2. The smallest absolute Gasteiger partial charge is 0.260 e. The first-order valence-corrected chi connectivity index (χ1v) is 8.91. The van der Waals surface area contributed by atoms with Crippen LogP contribution in [0.4, 0.5) is 0 Å². The first-order chi connectivity index (χ1) is 10.4. The number of likely N-dealkylation sites (N-methyl/N-ethyl adjacent to an activating group) is 1. The van der Waals surface area contributed by atoms with E-state index in [-0.39, 0.29) is 16.8 Å². The van der Waals surface area contributed by atoms with Crippen molar-refractivity contribution in [3.8, 4) is 5.75 Å². The zero-order chi connectivity index (χ0) is 16.2. The molecule has 6 nitrogen and oxygen atoms in total. The van der Waals surface area contributed by atoms with Crippen molar-refractivity contribution in [1.29, 1.82) is 0 Å². The monoisotopic (exact) mass is 326 g/mol. The average molecular weight is 326 g/mol. The summed E-state index contributed by atoms with van der Waals surface area (Å²) in [5.74, 6) is 0.218. The van der Waals surface area contributed by atoms with E-state index in [9.17, 15) is 13.2 Å². The Labute approximate surface area is 131 Å². The molecular formula is C15H22N2O4S. The summed E-state index contributed by atoms with van der Waals surface area (Å²) < 4.78 is 32.7. The van der Waals surface area contributed by atoms with Crippen LogP contribution < -0.4 is 14.8 Å². The van der Waals surface area contributed by atoms with Crippen LogP contribution in [0.1, 0.15) is 32.6 Å². The molecule has 1 atom stereocenters. The Bertz CT molecular complexity index is 607. The summed E-state index contributed by atoms with van der Waals surface area (Å²) in [6.45, 7) is 1.63. The summed E-state index contributed by atoms with van der Waals surface area (Å²) in [5.41, 5.74) is 0. The van der Waals surface area contributed by atoms with E-state index in [1.54, 1.807) is 19.1 Å². The highest BCUT2D eigenvalue weighted by atomic mass is 32.2. The van der Waals surface area contributed by atoms with Gasteiger partial charge in [-0.25, -0.2) is 13.1 Å². The third-order valence-electron chi connectivity index (χ3n) is 3.74. The SMILES string of the molecule is CNC(=O)[C@@H](C)Oc1ccc(S(=O)(=O)NC2CCCC2)cc1. The highest BCUT2D eigenvalue weighted by Gasteiger charge is 2.23. The van der Waals surface area contributed by atoms with E-state index >= 15 is 0 Å². The highest BCUT2D eigenvalue weighted by Crippen LogP contribution is 2.22. The van der Waals surface area contributed by atoms with E-state index < -0.39 is 16.1 Å². The van der Waals surface area contributed by atoms with Crippen molar-refractivity contribution in [2.75, 3.05) is 7.05 Å². The molecule has 0 radical (unpaired) electrons. The zero-order valence-corrected chi connectivity index (χ0v) is 13.7. The molecule has 0 aromatic heterocycles. The van der Waals surface area contributed by atoms with Gasteiger partial charge < -0.3 is 10.1 Å². The van der Waals surface area contributed by atoms with Crippen molar-refractivity contribution >= 4 is 15.9 Å². The lowest BCUT2D eigenvalue weighted by molar-refractivity contribution is -0.126. The summed E-state index contributed by atoms with van der Waals surface area (Å²) in [6, 6.07) is 6.13. The van der Waals surface area contributed by atoms with Crippen LogP contribution in [-0.4, -0.2) is 33.5 Å². The molecule has 0 saturated heterocycles. The van der Waals surface area contributed by atoms with Crippen molar-refractivity contribution in [3.05, 3.63) is 24.3 Å². The Hall–Kier alpha value is -1.60. The number of hydrogen-bond acceptors (Lipinski definition) is 4. The molecule has 1 aromatic rings. The van der Waals surface area contributed by atoms with Crippen LogP contribution in [0.2, 0.25) is 0 Å². The minimum Gasteiger partial charge on any atom is -0.481 e. The molecule has 0 spiro atoms. The summed E-state index contributed by atoms with van der Waals surface area (Å²) in [4.78, 5) is 11.6. The summed E-state index contributed by atoms with van der Waals surface area (Å²) in [5, 5.41) is 2.49. The van der Waals surface area contributed by atoms with Crippen molar-refractivity contribution in [2.45, 2.75) is 49.6 Å². The summed E-state index contributed by atoms with van der Waals surface area (Å²) in [7, 11) is -1.96. The Morgan fingerprint density at radius 2 is 1.82 bits per heavy atom. The lowest BCUT2D eigenvalue weighted by Gasteiger charge is -2.15. The predicted octanol–water partition coefficient (Wildman–Crippen LogP) is 1.42. The van der Waals surface area contributed by atoms with Gasteiger partial charge in [0.1, 0.15) is 5.75 Å². The van der Waals surface area contributed by atoms with Crippen LogP contribution in [0.5, 0.6) is 5.75 Å². The van der Waals surface area contributed by atoms with Gasteiger partial charge in [0.05, 0.1) is 4.90 Å². The van der Waals surface area contributed by atoms with Gasteiger partial charge in [-0.2, -0.15) is 0 Å². The maximum Gasteiger partial charge on any atom is 0.260 e. The number of rotatable bonds is 6. The molecule has 1 aromatic carbocycles. The summed E-state index contributed by atoms with van der Waals surface area (Å²) >= 11 is 0. The van der Waals surface area contributed by atoms with Gasteiger partial charge in [0.15, 0.2) is 6.10 Å². The molecule has 2 N–H and O–H groups in total. The number of carbonyl (C=O) groups is 1. The van der Waals surface area contributed by atoms with Gasteiger partial charge in [-0.05, 0) is 44.0 Å². The van der Waals surface area contributed by atoms with Crippen molar-refractivity contribution in [3.63, 3.8) is 0 Å². The van der Waals surface area contributed by atoms with E-state index in [0.29, 0.717) is 5.75 Å². The van der Waals surface area contributed by atoms with Crippen LogP contribution in [-0.2, 0) is 14.8 Å². The molecule has 0 bridgehead atoms. The normalized spacial score (nSPS) is 17.2. The second-order valence-corrected chi connectivity index (χ2v) is 7.16. The molecule has 0 heterocycles. The fraction of sp³-hybridized carbons (Fsp3) is 0.533. The molecule has 7 heteroatoms. The van der Waals surface area contributed by atoms with Gasteiger partial charge in [0.2, 0.25) is 10.0 Å². The molecular weight excluding hydrogens is 304 g/mol. The van der Waals surface area contributed by atoms with Crippen molar-refractivity contribution < 1.29 is 17.9 Å². The highest BCUT2D eigenvalue weighted by molar-refractivity contribution is 7.89. The number of carbonyl (C=O) groups excluding carboxylic acids is 1. The number of sulfonamides is 1. The fourth-order valence-electron chi connectivity index (χ4n) is 2.49. The van der Waals surface area contributed by atoms with Crippen LogP contribution in [0.3, 0.4) is 0 Å². The Morgan fingerprint density at radius 3 is 2.36 bits per heavy atom. The van der Waals surface area contributed by atoms with E-state index in [0.717, 1.165) is 25.7 Å². The first kappa shape index (κ1) is 16.8. The van der Waals surface area contributed by atoms with Gasteiger partial charge in [0, 0.05) is 13.1 Å². The topological polar surface area (TPSA) is 84.5 Å². The van der Waals surface area contributed by atoms with E-state index in [1.807, 2.05) is 0 Å². The van der Waals surface area contributed by atoms with Gasteiger partial charge in [0.25, 0.3) is 5.91 Å². The molecule has 0 unspecified atom stereocenters. The van der Waals surface area contributed by atoms with Gasteiger partial charge in [-0.1, -0.05) is 12.8 Å². The molecule has 1 saturated carbocycles. The lowest BCUT2D eigenvalue weighted by Crippen LogP contribution is -2.33. The third-order valence-corrected chi connectivity index (χ3v) is 5.28. The quantitative estimate of drug-likeness (QED) is 0.828. The first-order valence-electron chi connectivity index (χ1n) is 7.43. The lowest BCUT2D eigenvalue weighted by atomic mass is 10.3. The molecule has 1 aliphatic rings. The van der Waals surface area contributed by atoms with E-state index in [2.05, 4.69) is 10.0 Å². The zero-order valence-electron chi connectivity index (χ0n) is 12.8. The average Bonchev–Trinajstić information content (AvgIpc) is 2.99. The Kier molecular flexibility index (Phi) is 5.42. The number of benzene rings is 1. The molecule has 1 amide bonds. The van der Waals surface area contributed by atoms with Crippen LogP contribution in [0.25, 0.3) is 0 Å². The number of ether oxygens (including phenoxy) is 1. The molecule has 1 fully saturated rings. The van der Waals surface area contributed by atoms with Crippen LogP contribution >= 0.6 is 0 Å². The maximum atomic E-state index is 12.3. The van der Waals surface area contributed by atoms with Crippen molar-refractivity contribution in [1.82, 2.24) is 10.0 Å². The molecule has 0 aliphatic heterocycles. The molecule has 122 valence electrons. The second-order valence-electron chi connectivity index (χ2n) is 5.45. The standard InChI is InChI=1S/C15H22N2O4S/c1-11(15(18)16-2)21-13-7-9-14(10-8-13)22(19,20)17-12-5-3-4-6-12/h7-12,17H,3-6H2,1-2H3,(H,16,18)/t11-/m1/s1. The van der Waals surface area contributed by atoms with Gasteiger partial charge in [-0.15, -0.1) is 0 Å². The molecule has 1 aliphatic carbocycles. The number of nitrogens with one attached hydrogen (secondary N) is 2. The van der Waals surface area contributed by atoms with Crippen LogP contribution in [0, 0.1) is 0 Å². The predicted molar refractivity (Wildman–Crippen MR) is 83.2 cm³/mol. The third kappa shape index (κ3) is 4.20. The van der Waals surface area contributed by atoms with Gasteiger partial charge in [-0.3, -0.25) is 4.79 Å². The minimum atomic E-state index is -3.49. The largest absolute Gasteiger partial charge is 0.481 e. The van der Waals surface area contributed by atoms with Crippen molar-refractivity contribution in [2.24, 2.45) is 0 Å². The van der Waals surface area contributed by atoms with E-state index in [1.165, 1.54) is 19.2 Å². The summed E-state index contributed by atoms with van der Waals surface area (Å²) in [6.07, 6.45) is 3.28. The fourth-order valence-corrected chi connectivity index (χ4v) is 3.79. The van der Waals surface area contributed by atoms with E-state index in [4.69, 9.17) is 4.74 Å². The maximum absolute atomic E-state index is 12.3. The van der Waals surface area contributed by atoms with Gasteiger partial charge >= 0.3 is 0 Å². The minimum absolute atomic E-state index is 0.0363. The molecule has 22 heavy (non-hydrogen) atoms. The Morgan fingerprint density at radius 1 is 1.23 bits per heavy atom.